The lowest BCUT2D eigenvalue weighted by Crippen LogP contribution is -2.32. The van der Waals surface area contributed by atoms with E-state index in [2.05, 4.69) is 17.6 Å². The fraction of sp³-hybridized carbons (Fsp3) is 0.667. The van der Waals surface area contributed by atoms with Crippen LogP contribution in [0, 0.1) is 0 Å². The maximum atomic E-state index is 5.92. The summed E-state index contributed by atoms with van der Waals surface area (Å²) in [6.45, 7) is 7.44. The van der Waals surface area contributed by atoms with Crippen LogP contribution in [-0.4, -0.2) is 25.0 Å². The first-order chi connectivity index (χ1) is 7.96. The summed E-state index contributed by atoms with van der Waals surface area (Å²) in [5.41, 5.74) is 1.22. The molecular formula is C12H18ClNO2S. The van der Waals surface area contributed by atoms with E-state index in [1.807, 2.05) is 19.9 Å². The van der Waals surface area contributed by atoms with Gasteiger partial charge >= 0.3 is 0 Å². The molecule has 96 valence electrons. The second-order valence-electron chi connectivity index (χ2n) is 4.76. The number of nitrogens with one attached hydrogen (secondary N) is 1. The topological polar surface area (TPSA) is 30.5 Å². The molecule has 2 rings (SSSR count). The van der Waals surface area contributed by atoms with Gasteiger partial charge in [-0.3, -0.25) is 0 Å². The summed E-state index contributed by atoms with van der Waals surface area (Å²) < 4.78 is 12.1. The molecule has 1 aliphatic heterocycles. The van der Waals surface area contributed by atoms with Crippen LogP contribution < -0.4 is 5.32 Å². The Morgan fingerprint density at radius 1 is 1.65 bits per heavy atom. The number of hydrogen-bond donors (Lipinski definition) is 1. The highest BCUT2D eigenvalue weighted by atomic mass is 35.5. The molecule has 0 bridgehead atoms. The fourth-order valence-corrected chi connectivity index (χ4v) is 2.82. The highest BCUT2D eigenvalue weighted by molar-refractivity contribution is 7.14. The Labute approximate surface area is 111 Å². The molecule has 0 aliphatic carbocycles. The SMILES string of the molecule is CC(NCC1COC(C)(C)O1)c1csc(Cl)c1. The van der Waals surface area contributed by atoms with Gasteiger partial charge in [-0.05, 0) is 37.8 Å². The van der Waals surface area contributed by atoms with Gasteiger partial charge in [0.25, 0.3) is 0 Å². The highest BCUT2D eigenvalue weighted by Crippen LogP contribution is 2.25. The van der Waals surface area contributed by atoms with Gasteiger partial charge in [-0.25, -0.2) is 0 Å². The van der Waals surface area contributed by atoms with Crippen LogP contribution in [0.2, 0.25) is 4.34 Å². The van der Waals surface area contributed by atoms with E-state index >= 15 is 0 Å². The number of halogens is 1. The van der Waals surface area contributed by atoms with Crippen molar-refractivity contribution >= 4 is 22.9 Å². The Morgan fingerprint density at radius 2 is 2.41 bits per heavy atom. The Hall–Kier alpha value is -0.130. The van der Waals surface area contributed by atoms with Crippen LogP contribution in [0.4, 0.5) is 0 Å². The summed E-state index contributed by atoms with van der Waals surface area (Å²) in [6.07, 6.45) is 0.126. The van der Waals surface area contributed by atoms with Crippen molar-refractivity contribution < 1.29 is 9.47 Å². The average molecular weight is 276 g/mol. The van der Waals surface area contributed by atoms with Crippen molar-refractivity contribution in [1.29, 1.82) is 0 Å². The van der Waals surface area contributed by atoms with E-state index in [1.165, 1.54) is 5.56 Å². The van der Waals surface area contributed by atoms with E-state index in [9.17, 15) is 0 Å². The molecule has 1 saturated heterocycles. The third kappa shape index (κ3) is 3.66. The summed E-state index contributed by atoms with van der Waals surface area (Å²) >= 11 is 7.48. The summed E-state index contributed by atoms with van der Waals surface area (Å²) in [6, 6.07) is 2.28. The molecule has 0 radical (unpaired) electrons. The molecule has 2 unspecified atom stereocenters. The van der Waals surface area contributed by atoms with Gasteiger partial charge in [0.05, 0.1) is 17.0 Å². The van der Waals surface area contributed by atoms with Crippen LogP contribution in [0.5, 0.6) is 0 Å². The molecule has 1 N–H and O–H groups in total. The number of thiophene rings is 1. The van der Waals surface area contributed by atoms with Gasteiger partial charge in [0.2, 0.25) is 0 Å². The van der Waals surface area contributed by atoms with Crippen molar-refractivity contribution in [1.82, 2.24) is 5.32 Å². The minimum Gasteiger partial charge on any atom is -0.348 e. The van der Waals surface area contributed by atoms with Gasteiger partial charge in [-0.15, -0.1) is 11.3 Å². The van der Waals surface area contributed by atoms with Crippen molar-refractivity contribution in [2.24, 2.45) is 0 Å². The standard InChI is InChI=1S/C12H18ClNO2S/c1-8(9-4-11(13)17-7-9)14-5-10-6-15-12(2,3)16-10/h4,7-8,10,14H,5-6H2,1-3H3. The van der Waals surface area contributed by atoms with Gasteiger partial charge in [-0.2, -0.15) is 0 Å². The van der Waals surface area contributed by atoms with E-state index in [4.69, 9.17) is 21.1 Å². The molecule has 17 heavy (non-hydrogen) atoms. The van der Waals surface area contributed by atoms with Gasteiger partial charge in [0, 0.05) is 12.6 Å². The fourth-order valence-electron chi connectivity index (χ4n) is 1.84. The van der Waals surface area contributed by atoms with Crippen molar-refractivity contribution in [2.45, 2.75) is 38.7 Å². The minimum atomic E-state index is -0.443. The number of ether oxygens (including phenoxy) is 2. The van der Waals surface area contributed by atoms with Crippen LogP contribution in [-0.2, 0) is 9.47 Å². The van der Waals surface area contributed by atoms with Crippen molar-refractivity contribution in [3.63, 3.8) is 0 Å². The second-order valence-corrected chi connectivity index (χ2v) is 6.31. The first-order valence-electron chi connectivity index (χ1n) is 5.75. The summed E-state index contributed by atoms with van der Waals surface area (Å²) in [7, 11) is 0. The van der Waals surface area contributed by atoms with E-state index in [0.717, 1.165) is 10.9 Å². The van der Waals surface area contributed by atoms with E-state index in [-0.39, 0.29) is 12.1 Å². The molecule has 2 heterocycles. The molecule has 1 aliphatic rings. The van der Waals surface area contributed by atoms with Crippen LogP contribution in [0.1, 0.15) is 32.4 Å². The van der Waals surface area contributed by atoms with Crippen LogP contribution >= 0.6 is 22.9 Å². The van der Waals surface area contributed by atoms with E-state index in [0.29, 0.717) is 6.61 Å². The molecule has 0 saturated carbocycles. The second kappa shape index (κ2) is 5.24. The smallest absolute Gasteiger partial charge is 0.163 e. The largest absolute Gasteiger partial charge is 0.348 e. The molecule has 0 aromatic carbocycles. The van der Waals surface area contributed by atoms with Crippen LogP contribution in [0.25, 0.3) is 0 Å². The zero-order chi connectivity index (χ0) is 12.5. The normalized spacial score (nSPS) is 25.1. The highest BCUT2D eigenvalue weighted by Gasteiger charge is 2.32. The molecule has 0 amide bonds. The van der Waals surface area contributed by atoms with Crippen molar-refractivity contribution in [2.75, 3.05) is 13.2 Å². The first-order valence-corrected chi connectivity index (χ1v) is 7.01. The van der Waals surface area contributed by atoms with Gasteiger partial charge in [-0.1, -0.05) is 11.6 Å². The zero-order valence-corrected chi connectivity index (χ0v) is 11.9. The number of rotatable bonds is 4. The molecule has 1 aromatic rings. The zero-order valence-electron chi connectivity index (χ0n) is 10.3. The van der Waals surface area contributed by atoms with Crippen molar-refractivity contribution in [3.05, 3.63) is 21.3 Å². The van der Waals surface area contributed by atoms with Gasteiger partial charge in [0.1, 0.15) is 0 Å². The quantitative estimate of drug-likeness (QED) is 0.915. The summed E-state index contributed by atoms with van der Waals surface area (Å²) in [5, 5.41) is 5.51. The molecule has 1 aromatic heterocycles. The number of hydrogen-bond acceptors (Lipinski definition) is 4. The monoisotopic (exact) mass is 275 g/mol. The minimum absolute atomic E-state index is 0.126. The third-order valence-electron chi connectivity index (χ3n) is 2.81. The molecule has 3 nitrogen and oxygen atoms in total. The van der Waals surface area contributed by atoms with Crippen LogP contribution in [0.15, 0.2) is 11.4 Å². The Balaban J connectivity index is 1.79. The van der Waals surface area contributed by atoms with Gasteiger partial charge < -0.3 is 14.8 Å². The van der Waals surface area contributed by atoms with Crippen LogP contribution in [0.3, 0.4) is 0 Å². The van der Waals surface area contributed by atoms with E-state index in [1.54, 1.807) is 11.3 Å². The Morgan fingerprint density at radius 3 is 2.94 bits per heavy atom. The maximum absolute atomic E-state index is 5.92. The predicted octanol–water partition coefficient (Wildman–Crippen LogP) is 3.20. The lowest BCUT2D eigenvalue weighted by molar-refractivity contribution is -0.137. The molecule has 2 atom stereocenters. The third-order valence-corrected chi connectivity index (χ3v) is 3.92. The van der Waals surface area contributed by atoms with Crippen molar-refractivity contribution in [3.8, 4) is 0 Å². The molecular weight excluding hydrogens is 258 g/mol. The average Bonchev–Trinajstić information content (AvgIpc) is 2.81. The summed E-state index contributed by atoms with van der Waals surface area (Å²) in [4.78, 5) is 0. The van der Waals surface area contributed by atoms with Gasteiger partial charge in [0.15, 0.2) is 5.79 Å². The molecule has 0 spiro atoms. The molecule has 1 fully saturated rings. The lowest BCUT2D eigenvalue weighted by atomic mass is 10.2. The summed E-state index contributed by atoms with van der Waals surface area (Å²) in [5.74, 6) is -0.443. The molecule has 5 heteroatoms. The van der Waals surface area contributed by atoms with E-state index < -0.39 is 5.79 Å². The lowest BCUT2D eigenvalue weighted by Gasteiger charge is -2.19. The maximum Gasteiger partial charge on any atom is 0.163 e. The Kier molecular flexibility index (Phi) is 4.10. The first kappa shape index (κ1) is 13.3. The Bertz CT molecular complexity index is 380. The predicted molar refractivity (Wildman–Crippen MR) is 70.7 cm³/mol.